The lowest BCUT2D eigenvalue weighted by Gasteiger charge is -2.18. The summed E-state index contributed by atoms with van der Waals surface area (Å²) in [5.41, 5.74) is 1.16. The first-order chi connectivity index (χ1) is 8.22. The maximum Gasteiger partial charge on any atom is 0.153 e. The van der Waals surface area contributed by atoms with Crippen molar-refractivity contribution in [1.82, 2.24) is 20.3 Å². The van der Waals surface area contributed by atoms with Gasteiger partial charge in [-0.25, -0.2) is 4.68 Å². The van der Waals surface area contributed by atoms with Gasteiger partial charge in [-0.15, -0.1) is 5.10 Å². The normalized spacial score (nSPS) is 18.8. The van der Waals surface area contributed by atoms with Gasteiger partial charge in [-0.3, -0.25) is 0 Å². The first-order valence-corrected chi connectivity index (χ1v) is 7.24. The van der Waals surface area contributed by atoms with Gasteiger partial charge in [0.2, 0.25) is 0 Å². The van der Waals surface area contributed by atoms with Gasteiger partial charge in [0.15, 0.2) is 4.60 Å². The Hall–Kier alpha value is -0.420. The van der Waals surface area contributed by atoms with Crippen LogP contribution >= 0.6 is 15.9 Å². The summed E-state index contributed by atoms with van der Waals surface area (Å²) in [6.45, 7) is 0. The number of rotatable bonds is 5. The second-order valence-electron chi connectivity index (χ2n) is 4.96. The molecule has 2 rings (SSSR count). The number of hydrogen-bond donors (Lipinski definition) is 1. The Morgan fingerprint density at radius 1 is 1.47 bits per heavy atom. The van der Waals surface area contributed by atoms with Crippen molar-refractivity contribution in [1.29, 1.82) is 0 Å². The van der Waals surface area contributed by atoms with Crippen molar-refractivity contribution < 1.29 is 0 Å². The van der Waals surface area contributed by atoms with E-state index in [2.05, 4.69) is 31.6 Å². The second-order valence-corrected chi connectivity index (χ2v) is 5.71. The highest BCUT2D eigenvalue weighted by Gasteiger charge is 2.21. The lowest BCUT2D eigenvalue weighted by Crippen LogP contribution is -2.20. The molecule has 96 valence electrons. The van der Waals surface area contributed by atoms with E-state index in [0.29, 0.717) is 6.04 Å². The van der Waals surface area contributed by atoms with Crippen LogP contribution < -0.4 is 5.32 Å². The Balaban J connectivity index is 1.96. The Morgan fingerprint density at radius 3 is 2.71 bits per heavy atom. The summed E-state index contributed by atoms with van der Waals surface area (Å²) in [5, 5.41) is 11.5. The van der Waals surface area contributed by atoms with E-state index in [1.165, 1.54) is 38.5 Å². The van der Waals surface area contributed by atoms with Gasteiger partial charge in [-0.1, -0.05) is 30.9 Å². The molecule has 1 fully saturated rings. The molecule has 0 amide bonds. The first-order valence-electron chi connectivity index (χ1n) is 6.44. The maximum atomic E-state index is 4.05. The van der Waals surface area contributed by atoms with E-state index in [9.17, 15) is 0 Å². The van der Waals surface area contributed by atoms with Crippen LogP contribution in [0.1, 0.15) is 50.3 Å². The third-order valence-electron chi connectivity index (χ3n) is 3.84. The van der Waals surface area contributed by atoms with Gasteiger partial charge in [0.05, 0.1) is 11.7 Å². The van der Waals surface area contributed by atoms with E-state index in [1.54, 1.807) is 0 Å². The standard InChI is InChI=1S/C12H21BrN4/c1-14-10(8-7-9-5-3-4-6-9)11-12(13)15-16-17(11)2/h9-10,14H,3-8H2,1-2H3. The molecule has 1 aliphatic carbocycles. The van der Waals surface area contributed by atoms with Crippen LogP contribution in [0.25, 0.3) is 0 Å². The molecule has 1 aliphatic rings. The van der Waals surface area contributed by atoms with Crippen molar-refractivity contribution in [3.63, 3.8) is 0 Å². The third kappa shape index (κ3) is 3.07. The Kier molecular flexibility index (Phi) is 4.56. The smallest absolute Gasteiger partial charge is 0.153 e. The van der Waals surface area contributed by atoms with Crippen LogP contribution in [0.4, 0.5) is 0 Å². The lowest BCUT2D eigenvalue weighted by atomic mass is 9.97. The van der Waals surface area contributed by atoms with E-state index in [-0.39, 0.29) is 0 Å². The molecule has 1 unspecified atom stereocenters. The van der Waals surface area contributed by atoms with Crippen LogP contribution in [-0.2, 0) is 7.05 Å². The third-order valence-corrected chi connectivity index (χ3v) is 4.41. The van der Waals surface area contributed by atoms with Gasteiger partial charge in [0.1, 0.15) is 0 Å². The average molecular weight is 301 g/mol. The van der Waals surface area contributed by atoms with Crippen LogP contribution in [-0.4, -0.2) is 22.0 Å². The summed E-state index contributed by atoms with van der Waals surface area (Å²) in [4.78, 5) is 0. The zero-order valence-electron chi connectivity index (χ0n) is 10.6. The maximum absolute atomic E-state index is 4.05. The quantitative estimate of drug-likeness (QED) is 0.909. The van der Waals surface area contributed by atoms with E-state index in [4.69, 9.17) is 0 Å². The fourth-order valence-electron chi connectivity index (χ4n) is 2.83. The highest BCUT2D eigenvalue weighted by Crippen LogP contribution is 2.32. The minimum absolute atomic E-state index is 0.352. The van der Waals surface area contributed by atoms with Crippen LogP contribution in [0.5, 0.6) is 0 Å². The molecule has 1 N–H and O–H groups in total. The average Bonchev–Trinajstić information content (AvgIpc) is 2.93. The Morgan fingerprint density at radius 2 is 2.18 bits per heavy atom. The molecular formula is C12H21BrN4. The Labute approximate surface area is 111 Å². The Bertz CT molecular complexity index is 338. The first kappa shape index (κ1) is 13.0. The highest BCUT2D eigenvalue weighted by atomic mass is 79.9. The minimum Gasteiger partial charge on any atom is -0.312 e. The van der Waals surface area contributed by atoms with Gasteiger partial charge in [0.25, 0.3) is 0 Å². The van der Waals surface area contributed by atoms with Crippen molar-refractivity contribution >= 4 is 15.9 Å². The van der Waals surface area contributed by atoms with Crippen LogP contribution in [0.15, 0.2) is 4.60 Å². The number of nitrogens with zero attached hydrogens (tertiary/aromatic N) is 3. The van der Waals surface area contributed by atoms with Crippen molar-refractivity contribution in [3.8, 4) is 0 Å². The van der Waals surface area contributed by atoms with Crippen molar-refractivity contribution in [2.75, 3.05) is 7.05 Å². The topological polar surface area (TPSA) is 42.7 Å². The minimum atomic E-state index is 0.352. The lowest BCUT2D eigenvalue weighted by molar-refractivity contribution is 0.413. The summed E-state index contributed by atoms with van der Waals surface area (Å²) in [7, 11) is 3.96. The molecule has 4 nitrogen and oxygen atoms in total. The SMILES string of the molecule is CNC(CCC1CCCC1)c1c(Br)nnn1C. The van der Waals surface area contributed by atoms with Gasteiger partial charge < -0.3 is 5.32 Å². The predicted molar refractivity (Wildman–Crippen MR) is 71.7 cm³/mol. The van der Waals surface area contributed by atoms with Crippen LogP contribution in [0, 0.1) is 5.92 Å². The molecule has 5 heteroatoms. The molecule has 0 aliphatic heterocycles. The van der Waals surface area contributed by atoms with Gasteiger partial charge in [0, 0.05) is 7.05 Å². The summed E-state index contributed by atoms with van der Waals surface area (Å²) in [5.74, 6) is 0.936. The molecule has 0 radical (unpaired) electrons. The highest BCUT2D eigenvalue weighted by molar-refractivity contribution is 9.10. The summed E-state index contributed by atoms with van der Waals surface area (Å²) in [6.07, 6.45) is 8.16. The molecule has 0 aromatic carbocycles. The number of hydrogen-bond acceptors (Lipinski definition) is 3. The molecule has 17 heavy (non-hydrogen) atoms. The monoisotopic (exact) mass is 300 g/mol. The van der Waals surface area contributed by atoms with Crippen LogP contribution in [0.3, 0.4) is 0 Å². The largest absolute Gasteiger partial charge is 0.312 e. The molecule has 0 saturated heterocycles. The van der Waals surface area contributed by atoms with Gasteiger partial charge in [-0.2, -0.15) is 0 Å². The molecule has 1 atom stereocenters. The zero-order valence-corrected chi connectivity index (χ0v) is 12.2. The fraction of sp³-hybridized carbons (Fsp3) is 0.833. The van der Waals surface area contributed by atoms with Crippen molar-refractivity contribution in [2.45, 2.75) is 44.6 Å². The molecule has 0 spiro atoms. The molecule has 1 saturated carbocycles. The van der Waals surface area contributed by atoms with Crippen molar-refractivity contribution in [3.05, 3.63) is 10.3 Å². The fourth-order valence-corrected chi connectivity index (χ4v) is 3.43. The van der Waals surface area contributed by atoms with E-state index >= 15 is 0 Å². The number of aromatic nitrogens is 3. The number of nitrogens with one attached hydrogen (secondary N) is 1. The van der Waals surface area contributed by atoms with E-state index < -0.39 is 0 Å². The molecule has 1 heterocycles. The van der Waals surface area contributed by atoms with E-state index in [0.717, 1.165) is 16.2 Å². The molecule has 0 bridgehead atoms. The molecule has 1 aromatic rings. The molecule has 1 aromatic heterocycles. The van der Waals surface area contributed by atoms with E-state index in [1.807, 2.05) is 18.8 Å². The summed E-state index contributed by atoms with van der Waals surface area (Å²) >= 11 is 3.48. The molecular weight excluding hydrogens is 280 g/mol. The number of halogens is 1. The summed E-state index contributed by atoms with van der Waals surface area (Å²) in [6, 6.07) is 0.352. The van der Waals surface area contributed by atoms with Crippen LogP contribution in [0.2, 0.25) is 0 Å². The zero-order chi connectivity index (χ0) is 12.3. The van der Waals surface area contributed by atoms with Gasteiger partial charge >= 0.3 is 0 Å². The number of aryl methyl sites for hydroxylation is 1. The second kappa shape index (κ2) is 5.96. The predicted octanol–water partition coefficient (Wildman–Crippen LogP) is 2.81. The summed E-state index contributed by atoms with van der Waals surface area (Å²) < 4.78 is 2.73. The van der Waals surface area contributed by atoms with Gasteiger partial charge in [-0.05, 0) is 41.7 Å². The van der Waals surface area contributed by atoms with Crippen molar-refractivity contribution in [2.24, 2.45) is 13.0 Å².